The molecule has 2 nitrogen and oxygen atoms in total. The Balaban J connectivity index is 2.90. The first-order chi connectivity index (χ1) is 7.60. The Morgan fingerprint density at radius 1 is 1.56 bits per heavy atom. The van der Waals surface area contributed by atoms with Gasteiger partial charge in [-0.2, -0.15) is 0 Å². The third-order valence-electron chi connectivity index (χ3n) is 2.37. The molecular weight excluding hydrogens is 249 g/mol. The molecule has 1 aromatic rings. The van der Waals surface area contributed by atoms with Gasteiger partial charge in [0.2, 0.25) is 0 Å². The van der Waals surface area contributed by atoms with Gasteiger partial charge < -0.3 is 5.73 Å². The summed E-state index contributed by atoms with van der Waals surface area (Å²) < 4.78 is 25.0. The highest BCUT2D eigenvalue weighted by atomic mass is 35.5. The van der Waals surface area contributed by atoms with Crippen molar-refractivity contribution in [2.45, 2.75) is 29.9 Å². The summed E-state index contributed by atoms with van der Waals surface area (Å²) in [5.74, 6) is -0.491. The predicted octanol–water partition coefficient (Wildman–Crippen LogP) is 2.71. The maximum absolute atomic E-state index is 12.9. The number of nitrogens with two attached hydrogens (primary N) is 1. The number of hydrogen-bond donors (Lipinski definition) is 1. The summed E-state index contributed by atoms with van der Waals surface area (Å²) in [6, 6.07) is 4.17. The molecule has 0 radical (unpaired) electrons. The lowest BCUT2D eigenvalue weighted by Gasteiger charge is -2.13. The van der Waals surface area contributed by atoms with E-state index in [0.717, 1.165) is 6.42 Å². The van der Waals surface area contributed by atoms with E-state index in [2.05, 4.69) is 0 Å². The molecule has 0 aliphatic rings. The molecule has 0 bridgehead atoms. The Bertz CT molecular complexity index is 386. The van der Waals surface area contributed by atoms with Crippen LogP contribution < -0.4 is 5.73 Å². The van der Waals surface area contributed by atoms with Gasteiger partial charge >= 0.3 is 0 Å². The highest BCUT2D eigenvalue weighted by molar-refractivity contribution is 7.85. The SMILES string of the molecule is CCC(CCN)S(=O)c1ccc(F)c(Cl)c1. The summed E-state index contributed by atoms with van der Waals surface area (Å²) in [5.41, 5.74) is 5.45. The molecule has 0 aliphatic heterocycles. The largest absolute Gasteiger partial charge is 0.330 e. The van der Waals surface area contributed by atoms with E-state index in [0.29, 0.717) is 17.9 Å². The number of benzene rings is 1. The van der Waals surface area contributed by atoms with Crippen LogP contribution in [0.25, 0.3) is 0 Å². The molecule has 0 spiro atoms. The molecular formula is C11H15ClFNOS. The Morgan fingerprint density at radius 2 is 2.25 bits per heavy atom. The second kappa shape index (κ2) is 6.33. The van der Waals surface area contributed by atoms with Gasteiger partial charge in [-0.15, -0.1) is 0 Å². The van der Waals surface area contributed by atoms with Crippen LogP contribution in [0.3, 0.4) is 0 Å². The fraction of sp³-hybridized carbons (Fsp3) is 0.455. The zero-order valence-electron chi connectivity index (χ0n) is 9.08. The lowest BCUT2D eigenvalue weighted by atomic mass is 10.2. The van der Waals surface area contributed by atoms with Gasteiger partial charge in [0.25, 0.3) is 0 Å². The molecule has 16 heavy (non-hydrogen) atoms. The summed E-state index contributed by atoms with van der Waals surface area (Å²) >= 11 is 5.65. The van der Waals surface area contributed by atoms with E-state index in [1.807, 2.05) is 6.92 Å². The van der Waals surface area contributed by atoms with Crippen LogP contribution in [0.1, 0.15) is 19.8 Å². The van der Waals surface area contributed by atoms with E-state index < -0.39 is 16.6 Å². The molecule has 2 atom stereocenters. The van der Waals surface area contributed by atoms with Crippen molar-refractivity contribution >= 4 is 22.4 Å². The Labute approximate surface area is 102 Å². The van der Waals surface area contributed by atoms with Crippen molar-refractivity contribution in [2.24, 2.45) is 5.73 Å². The first-order valence-corrected chi connectivity index (χ1v) is 6.75. The molecule has 0 heterocycles. The molecule has 0 saturated carbocycles. The van der Waals surface area contributed by atoms with E-state index >= 15 is 0 Å². The van der Waals surface area contributed by atoms with Crippen LogP contribution in [0.2, 0.25) is 5.02 Å². The monoisotopic (exact) mass is 263 g/mol. The lowest BCUT2D eigenvalue weighted by molar-refractivity contribution is 0.625. The fourth-order valence-electron chi connectivity index (χ4n) is 1.44. The maximum Gasteiger partial charge on any atom is 0.141 e. The Morgan fingerprint density at radius 3 is 2.75 bits per heavy atom. The average Bonchev–Trinajstić information content (AvgIpc) is 2.28. The molecule has 1 aromatic carbocycles. The smallest absolute Gasteiger partial charge is 0.141 e. The third kappa shape index (κ3) is 3.27. The minimum atomic E-state index is -1.17. The summed E-state index contributed by atoms with van der Waals surface area (Å²) in [4.78, 5) is 0.562. The molecule has 0 aliphatic carbocycles. The van der Waals surface area contributed by atoms with Crippen LogP contribution in [-0.2, 0) is 10.8 Å². The lowest BCUT2D eigenvalue weighted by Crippen LogP contribution is -2.18. The average molecular weight is 264 g/mol. The number of halogens is 2. The zero-order chi connectivity index (χ0) is 12.1. The molecule has 0 saturated heterocycles. The van der Waals surface area contributed by atoms with Crippen LogP contribution >= 0.6 is 11.6 Å². The molecule has 0 fully saturated rings. The standard InChI is InChI=1S/C11H15ClFNOS/c1-2-8(5-6-14)16(15)9-3-4-11(13)10(12)7-9/h3-4,7-8H,2,5-6,14H2,1H3. The van der Waals surface area contributed by atoms with Crippen molar-refractivity contribution in [3.8, 4) is 0 Å². The summed E-state index contributed by atoms with van der Waals surface area (Å²) in [7, 11) is -1.17. The molecule has 1 rings (SSSR count). The molecule has 0 amide bonds. The topological polar surface area (TPSA) is 43.1 Å². The molecule has 90 valence electrons. The van der Waals surface area contributed by atoms with Crippen molar-refractivity contribution in [2.75, 3.05) is 6.54 Å². The van der Waals surface area contributed by atoms with Gasteiger partial charge in [-0.05, 0) is 37.6 Å². The molecule has 2 N–H and O–H groups in total. The minimum Gasteiger partial charge on any atom is -0.330 e. The first kappa shape index (κ1) is 13.6. The number of hydrogen-bond acceptors (Lipinski definition) is 2. The van der Waals surface area contributed by atoms with E-state index in [9.17, 15) is 8.60 Å². The minimum absolute atomic E-state index is 0.00604. The molecule has 2 unspecified atom stereocenters. The Kier molecular flexibility index (Phi) is 5.38. The van der Waals surface area contributed by atoms with Gasteiger partial charge in [0.1, 0.15) is 5.82 Å². The van der Waals surface area contributed by atoms with E-state index in [4.69, 9.17) is 17.3 Å². The van der Waals surface area contributed by atoms with Crippen molar-refractivity contribution < 1.29 is 8.60 Å². The van der Waals surface area contributed by atoms with Crippen molar-refractivity contribution in [3.63, 3.8) is 0 Å². The summed E-state index contributed by atoms with van der Waals surface area (Å²) in [5, 5.41) is 0.0139. The van der Waals surface area contributed by atoms with Crippen LogP contribution in [0.5, 0.6) is 0 Å². The van der Waals surface area contributed by atoms with Gasteiger partial charge in [0.05, 0.1) is 15.8 Å². The van der Waals surface area contributed by atoms with Crippen LogP contribution in [-0.4, -0.2) is 16.0 Å². The maximum atomic E-state index is 12.9. The van der Waals surface area contributed by atoms with Gasteiger partial charge in [-0.3, -0.25) is 4.21 Å². The highest BCUT2D eigenvalue weighted by Gasteiger charge is 2.16. The van der Waals surface area contributed by atoms with Crippen molar-refractivity contribution in [1.82, 2.24) is 0 Å². The van der Waals surface area contributed by atoms with Gasteiger partial charge in [-0.1, -0.05) is 18.5 Å². The summed E-state index contributed by atoms with van der Waals surface area (Å²) in [6.07, 6.45) is 1.47. The molecule has 0 aromatic heterocycles. The van der Waals surface area contributed by atoms with Crippen molar-refractivity contribution in [3.05, 3.63) is 29.0 Å². The van der Waals surface area contributed by atoms with Crippen LogP contribution in [0.4, 0.5) is 4.39 Å². The second-order valence-corrected chi connectivity index (χ2v) is 5.62. The quantitative estimate of drug-likeness (QED) is 0.888. The normalized spacial score (nSPS) is 14.8. The Hall–Kier alpha value is -0.450. The second-order valence-electron chi connectivity index (χ2n) is 3.48. The highest BCUT2D eigenvalue weighted by Crippen LogP contribution is 2.22. The zero-order valence-corrected chi connectivity index (χ0v) is 10.7. The van der Waals surface area contributed by atoms with Gasteiger partial charge in [-0.25, -0.2) is 4.39 Å². The van der Waals surface area contributed by atoms with E-state index in [1.54, 1.807) is 0 Å². The van der Waals surface area contributed by atoms with Gasteiger partial charge in [0.15, 0.2) is 0 Å². The van der Waals surface area contributed by atoms with Crippen LogP contribution in [0.15, 0.2) is 23.1 Å². The van der Waals surface area contributed by atoms with E-state index in [-0.39, 0.29) is 10.3 Å². The van der Waals surface area contributed by atoms with Gasteiger partial charge in [0, 0.05) is 10.1 Å². The predicted molar refractivity (Wildman–Crippen MR) is 65.6 cm³/mol. The van der Waals surface area contributed by atoms with E-state index in [1.165, 1.54) is 18.2 Å². The number of rotatable bonds is 5. The fourth-order valence-corrected chi connectivity index (χ4v) is 3.16. The first-order valence-electron chi connectivity index (χ1n) is 5.15. The van der Waals surface area contributed by atoms with Crippen molar-refractivity contribution in [1.29, 1.82) is 0 Å². The molecule has 5 heteroatoms. The summed E-state index contributed by atoms with van der Waals surface area (Å²) in [6.45, 7) is 2.46. The van der Waals surface area contributed by atoms with Crippen LogP contribution in [0, 0.1) is 5.82 Å². The third-order valence-corrected chi connectivity index (χ3v) is 4.55.